The van der Waals surface area contributed by atoms with E-state index in [1.165, 1.54) is 6.92 Å². The third kappa shape index (κ3) is 5.81. The normalized spacial score (nSPS) is 18.4. The van der Waals surface area contributed by atoms with Gasteiger partial charge in [0.05, 0.1) is 34.0 Å². The number of fused-ring (bicyclic) bond motifs is 1. The second kappa shape index (κ2) is 11.4. The van der Waals surface area contributed by atoms with E-state index < -0.39 is 0 Å². The maximum Gasteiger partial charge on any atom is 0.318 e. The van der Waals surface area contributed by atoms with Crippen LogP contribution in [0, 0.1) is 5.92 Å². The maximum atomic E-state index is 12.8. The van der Waals surface area contributed by atoms with Crippen LogP contribution >= 0.6 is 27.5 Å². The fourth-order valence-corrected chi connectivity index (χ4v) is 4.94. The second-order valence-electron chi connectivity index (χ2n) is 8.36. The van der Waals surface area contributed by atoms with Gasteiger partial charge in [-0.2, -0.15) is 0 Å². The van der Waals surface area contributed by atoms with Crippen LogP contribution in [0.4, 0.5) is 10.7 Å². The highest BCUT2D eigenvalue weighted by Gasteiger charge is 2.33. The molecule has 0 atom stereocenters. The first-order valence-electron chi connectivity index (χ1n) is 11.6. The van der Waals surface area contributed by atoms with Gasteiger partial charge in [-0.05, 0) is 53.7 Å². The molecule has 1 aromatic carbocycles. The largest absolute Gasteiger partial charge is 0.485 e. The van der Waals surface area contributed by atoms with Crippen molar-refractivity contribution in [2.75, 3.05) is 12.3 Å². The number of nitrogens with two attached hydrogens (primary N) is 1. The molecule has 3 N–H and O–H groups in total. The molecule has 1 fully saturated rings. The number of nitrogen functional groups attached to an aromatic ring is 1. The van der Waals surface area contributed by atoms with Crippen molar-refractivity contribution in [2.24, 2.45) is 5.92 Å². The number of amides is 2. The molecule has 8 nitrogen and oxygen atoms in total. The molecule has 1 aromatic heterocycles. The van der Waals surface area contributed by atoms with Crippen LogP contribution in [0.15, 0.2) is 16.6 Å². The Hall–Kier alpha value is -2.39. The summed E-state index contributed by atoms with van der Waals surface area (Å²) in [7, 11) is 0. The summed E-state index contributed by atoms with van der Waals surface area (Å²) in [6.45, 7) is 8.28. The second-order valence-corrected chi connectivity index (χ2v) is 9.62. The molecule has 0 radical (unpaired) electrons. The van der Waals surface area contributed by atoms with Crippen molar-refractivity contribution in [2.45, 2.75) is 66.1 Å². The number of nitrogens with zero attached hydrogens (tertiary/aromatic N) is 3. The minimum atomic E-state index is -0.112. The van der Waals surface area contributed by atoms with Crippen LogP contribution in [0.1, 0.15) is 58.2 Å². The molecule has 0 unspecified atom stereocenters. The molecule has 1 aliphatic heterocycles. The summed E-state index contributed by atoms with van der Waals surface area (Å²) in [6, 6.07) is 3.53. The van der Waals surface area contributed by atoms with E-state index in [0.29, 0.717) is 51.2 Å². The fraction of sp³-hybridized carbons (Fsp3) is 0.500. The van der Waals surface area contributed by atoms with Gasteiger partial charge >= 0.3 is 6.03 Å². The lowest BCUT2D eigenvalue weighted by molar-refractivity contribution is -0.118. The van der Waals surface area contributed by atoms with Crippen LogP contribution in [0.25, 0.3) is 11.3 Å². The van der Waals surface area contributed by atoms with Crippen LogP contribution in [0.3, 0.4) is 0 Å². The first kappa shape index (κ1) is 26.2. The fourth-order valence-electron chi connectivity index (χ4n) is 4.09. The quantitative estimate of drug-likeness (QED) is 0.500. The molecular weight excluding hydrogens is 522 g/mol. The number of urea groups is 1. The Labute approximate surface area is 213 Å². The van der Waals surface area contributed by atoms with Crippen molar-refractivity contribution in [3.63, 3.8) is 0 Å². The molecule has 0 spiro atoms. The van der Waals surface area contributed by atoms with Gasteiger partial charge in [0, 0.05) is 17.2 Å². The van der Waals surface area contributed by atoms with Crippen molar-refractivity contribution in [3.8, 4) is 17.0 Å². The Kier molecular flexibility index (Phi) is 8.76. The summed E-state index contributed by atoms with van der Waals surface area (Å²) >= 11 is 9.94. The molecule has 34 heavy (non-hydrogen) atoms. The molecule has 2 amide bonds. The zero-order chi connectivity index (χ0) is 25.0. The number of anilines is 1. The van der Waals surface area contributed by atoms with E-state index in [1.807, 2.05) is 13.8 Å². The number of hydrogen-bond donors (Lipinski definition) is 2. The Morgan fingerprint density at radius 1 is 1.26 bits per heavy atom. The third-order valence-corrected chi connectivity index (χ3v) is 6.87. The summed E-state index contributed by atoms with van der Waals surface area (Å²) in [5.41, 5.74) is 8.64. The number of ether oxygens (including phenoxy) is 1. The number of nitrogens with one attached hydrogen (secondary N) is 1. The van der Waals surface area contributed by atoms with Crippen molar-refractivity contribution >= 4 is 45.3 Å². The molecular formula is C24H31BrClN5O3. The molecule has 2 aromatic rings. The Bertz CT molecular complexity index is 1080. The summed E-state index contributed by atoms with van der Waals surface area (Å²) in [5, 5.41) is 3.55. The Morgan fingerprint density at radius 2 is 1.97 bits per heavy atom. The third-order valence-electron chi connectivity index (χ3n) is 5.94. The van der Waals surface area contributed by atoms with Gasteiger partial charge in [0.2, 0.25) is 5.95 Å². The zero-order valence-electron chi connectivity index (χ0n) is 20.0. The zero-order valence-corrected chi connectivity index (χ0v) is 22.3. The van der Waals surface area contributed by atoms with Gasteiger partial charge in [-0.1, -0.05) is 38.8 Å². The molecule has 2 heterocycles. The average Bonchev–Trinajstić information content (AvgIpc) is 3.20. The lowest BCUT2D eigenvalue weighted by Gasteiger charge is -2.36. The average molecular weight is 553 g/mol. The number of halogens is 2. The molecule has 0 bridgehead atoms. The maximum absolute atomic E-state index is 12.8. The SMILES string of the molecule is CC.CCC1CC(NC(=O)N2Cc3nc(N)nc(-c4cc(OCC(C)=O)c(Br)cc4Cl)c3C2)C1. The van der Waals surface area contributed by atoms with Gasteiger partial charge in [0.25, 0.3) is 0 Å². The highest BCUT2D eigenvalue weighted by Crippen LogP contribution is 2.40. The van der Waals surface area contributed by atoms with E-state index in [0.717, 1.165) is 24.8 Å². The van der Waals surface area contributed by atoms with Gasteiger partial charge in [-0.15, -0.1) is 0 Å². The topological polar surface area (TPSA) is 110 Å². The lowest BCUT2D eigenvalue weighted by Crippen LogP contribution is -2.48. The number of carbonyl (C=O) groups excluding carboxylic acids is 2. The number of rotatable bonds is 6. The summed E-state index contributed by atoms with van der Waals surface area (Å²) in [6.07, 6.45) is 3.20. The predicted octanol–water partition coefficient (Wildman–Crippen LogP) is 5.35. The monoisotopic (exact) mass is 551 g/mol. The molecule has 10 heteroatoms. The lowest BCUT2D eigenvalue weighted by atomic mass is 9.79. The highest BCUT2D eigenvalue weighted by atomic mass is 79.9. The first-order valence-corrected chi connectivity index (χ1v) is 12.7. The molecule has 184 valence electrons. The van der Waals surface area contributed by atoms with Crippen LogP contribution in [0.5, 0.6) is 5.75 Å². The Morgan fingerprint density at radius 3 is 2.62 bits per heavy atom. The van der Waals surface area contributed by atoms with E-state index in [9.17, 15) is 9.59 Å². The summed E-state index contributed by atoms with van der Waals surface area (Å²) in [4.78, 5) is 34.6. The van der Waals surface area contributed by atoms with Gasteiger partial charge in [0.15, 0.2) is 5.78 Å². The number of aromatic nitrogens is 2. The molecule has 4 rings (SSSR count). The van der Waals surface area contributed by atoms with Crippen LogP contribution < -0.4 is 15.8 Å². The van der Waals surface area contributed by atoms with Gasteiger partial charge in [-0.25, -0.2) is 14.8 Å². The number of hydrogen-bond acceptors (Lipinski definition) is 6. The van der Waals surface area contributed by atoms with Gasteiger partial charge in [0.1, 0.15) is 12.4 Å². The van der Waals surface area contributed by atoms with Crippen LogP contribution in [-0.4, -0.2) is 39.3 Å². The molecule has 1 saturated carbocycles. The smallest absolute Gasteiger partial charge is 0.318 e. The molecule has 1 aliphatic carbocycles. The standard InChI is InChI=1S/C22H25BrClN5O3.C2H6/c1-3-12-4-13(5-12)26-22(31)29-8-15-18(9-29)27-21(25)28-20(15)14-6-19(32-10-11(2)30)16(23)7-17(14)24;1-2/h6-7,12-13H,3-5,8-10H2,1-2H3,(H,26,31)(H2,25,27,28);1-2H3. The Balaban J connectivity index is 0.00000158. The minimum absolute atomic E-state index is 0.0578. The first-order chi connectivity index (χ1) is 16.2. The van der Waals surface area contributed by atoms with Crippen molar-refractivity contribution < 1.29 is 14.3 Å². The van der Waals surface area contributed by atoms with E-state index >= 15 is 0 Å². The molecule has 0 saturated heterocycles. The van der Waals surface area contributed by atoms with Crippen LogP contribution in [0.2, 0.25) is 5.02 Å². The van der Waals surface area contributed by atoms with Gasteiger partial charge in [-0.3, -0.25) is 4.79 Å². The number of carbonyl (C=O) groups is 2. The van der Waals surface area contributed by atoms with Crippen molar-refractivity contribution in [1.29, 1.82) is 0 Å². The van der Waals surface area contributed by atoms with E-state index in [-0.39, 0.29) is 30.4 Å². The number of benzene rings is 1. The van der Waals surface area contributed by atoms with E-state index in [2.05, 4.69) is 38.1 Å². The predicted molar refractivity (Wildman–Crippen MR) is 137 cm³/mol. The van der Waals surface area contributed by atoms with E-state index in [1.54, 1.807) is 17.0 Å². The molecule has 2 aliphatic rings. The highest BCUT2D eigenvalue weighted by molar-refractivity contribution is 9.10. The summed E-state index contributed by atoms with van der Waals surface area (Å²) in [5.74, 6) is 1.18. The summed E-state index contributed by atoms with van der Waals surface area (Å²) < 4.78 is 6.22. The number of Topliss-reactive ketones (excluding diaryl/α,β-unsaturated/α-hetero) is 1. The van der Waals surface area contributed by atoms with E-state index in [4.69, 9.17) is 22.1 Å². The van der Waals surface area contributed by atoms with Crippen molar-refractivity contribution in [1.82, 2.24) is 20.2 Å². The van der Waals surface area contributed by atoms with Crippen LogP contribution in [-0.2, 0) is 17.9 Å². The van der Waals surface area contributed by atoms with Gasteiger partial charge < -0.3 is 20.7 Å². The number of ketones is 1. The van der Waals surface area contributed by atoms with Crippen molar-refractivity contribution in [3.05, 3.63) is 32.9 Å². The minimum Gasteiger partial charge on any atom is -0.485 e.